The van der Waals surface area contributed by atoms with Crippen LogP contribution in [0.2, 0.25) is 5.02 Å². The van der Waals surface area contributed by atoms with Crippen LogP contribution in [-0.4, -0.2) is 17.6 Å². The van der Waals surface area contributed by atoms with E-state index >= 15 is 0 Å². The molecule has 0 unspecified atom stereocenters. The van der Waals surface area contributed by atoms with Crippen LogP contribution in [0.15, 0.2) is 22.7 Å². The first kappa shape index (κ1) is 10.3. The quantitative estimate of drug-likeness (QED) is 0.882. The molecule has 0 fully saturated rings. The fourth-order valence-electron chi connectivity index (χ4n) is 0.811. The van der Waals surface area contributed by atoms with Gasteiger partial charge in [-0.05, 0) is 28.1 Å². The van der Waals surface area contributed by atoms with Crippen LogP contribution in [0.3, 0.4) is 0 Å². The van der Waals surface area contributed by atoms with Crippen LogP contribution in [-0.2, 0) is 4.79 Å². The zero-order valence-corrected chi connectivity index (χ0v) is 8.89. The zero-order valence-electron chi connectivity index (χ0n) is 6.55. The van der Waals surface area contributed by atoms with Gasteiger partial charge in [-0.2, -0.15) is 0 Å². The van der Waals surface area contributed by atoms with Gasteiger partial charge in [0.05, 0.1) is 10.7 Å². The van der Waals surface area contributed by atoms with E-state index in [1.54, 1.807) is 18.2 Å². The summed E-state index contributed by atoms with van der Waals surface area (Å²) in [6.07, 6.45) is 0. The van der Waals surface area contributed by atoms with E-state index in [0.717, 1.165) is 4.47 Å². The summed E-state index contributed by atoms with van der Waals surface area (Å²) in [5, 5.41) is 11.6. The molecule has 0 heterocycles. The number of hydrogen-bond acceptors (Lipinski definition) is 2. The number of anilines is 1. The van der Waals surface area contributed by atoms with E-state index in [9.17, 15) is 4.79 Å². The molecule has 0 saturated carbocycles. The molecule has 0 bridgehead atoms. The number of carboxylic acid groups (broad SMARTS) is 1. The number of benzene rings is 1. The average Bonchev–Trinajstić information content (AvgIpc) is 2.07. The predicted molar refractivity (Wildman–Crippen MR) is 55.3 cm³/mol. The van der Waals surface area contributed by atoms with Gasteiger partial charge in [-0.1, -0.05) is 17.7 Å². The van der Waals surface area contributed by atoms with Crippen LogP contribution < -0.4 is 5.32 Å². The van der Waals surface area contributed by atoms with Crippen molar-refractivity contribution < 1.29 is 9.90 Å². The molecule has 0 atom stereocenters. The molecule has 0 spiro atoms. The summed E-state index contributed by atoms with van der Waals surface area (Å²) < 4.78 is 0.740. The van der Waals surface area contributed by atoms with E-state index in [2.05, 4.69) is 21.2 Å². The number of carboxylic acids is 1. The maximum absolute atomic E-state index is 10.3. The maximum Gasteiger partial charge on any atom is 0.322 e. The van der Waals surface area contributed by atoms with E-state index in [1.165, 1.54) is 0 Å². The van der Waals surface area contributed by atoms with Crippen molar-refractivity contribution in [3.63, 3.8) is 0 Å². The molecule has 0 radical (unpaired) electrons. The SMILES string of the molecule is O=C(O)CNc1cccc(Br)c1Cl. The summed E-state index contributed by atoms with van der Waals surface area (Å²) in [6.45, 7) is -0.143. The summed E-state index contributed by atoms with van der Waals surface area (Å²) >= 11 is 9.11. The van der Waals surface area contributed by atoms with Gasteiger partial charge in [0.1, 0.15) is 6.54 Å². The third-order valence-electron chi connectivity index (χ3n) is 1.38. The molecule has 0 saturated heterocycles. The van der Waals surface area contributed by atoms with Crippen molar-refractivity contribution in [2.24, 2.45) is 0 Å². The van der Waals surface area contributed by atoms with Crippen LogP contribution in [0.5, 0.6) is 0 Å². The molecule has 0 amide bonds. The Hall–Kier alpha value is -0.740. The van der Waals surface area contributed by atoms with Crippen molar-refractivity contribution in [3.05, 3.63) is 27.7 Å². The van der Waals surface area contributed by atoms with Gasteiger partial charge in [-0.15, -0.1) is 0 Å². The molecule has 3 nitrogen and oxygen atoms in total. The maximum atomic E-state index is 10.3. The lowest BCUT2D eigenvalue weighted by Gasteiger charge is -2.06. The first-order chi connectivity index (χ1) is 6.11. The highest BCUT2D eigenvalue weighted by Crippen LogP contribution is 2.29. The highest BCUT2D eigenvalue weighted by atomic mass is 79.9. The first-order valence-corrected chi connectivity index (χ1v) is 4.68. The Morgan fingerprint density at radius 2 is 2.31 bits per heavy atom. The van der Waals surface area contributed by atoms with Crippen molar-refractivity contribution in [1.82, 2.24) is 0 Å². The monoisotopic (exact) mass is 263 g/mol. The Balaban J connectivity index is 2.77. The van der Waals surface area contributed by atoms with Crippen LogP contribution >= 0.6 is 27.5 Å². The van der Waals surface area contributed by atoms with Gasteiger partial charge < -0.3 is 10.4 Å². The molecule has 1 aromatic rings. The van der Waals surface area contributed by atoms with Gasteiger partial charge in [0.2, 0.25) is 0 Å². The second-order valence-electron chi connectivity index (χ2n) is 2.35. The number of carbonyl (C=O) groups is 1. The molecule has 1 aromatic carbocycles. The fourth-order valence-corrected chi connectivity index (χ4v) is 1.37. The smallest absolute Gasteiger partial charge is 0.322 e. The Morgan fingerprint density at radius 3 is 2.92 bits per heavy atom. The highest BCUT2D eigenvalue weighted by molar-refractivity contribution is 9.10. The minimum Gasteiger partial charge on any atom is -0.480 e. The molecule has 70 valence electrons. The molecule has 2 N–H and O–H groups in total. The summed E-state index contributed by atoms with van der Waals surface area (Å²) in [4.78, 5) is 10.3. The van der Waals surface area contributed by atoms with Crippen LogP contribution in [0.1, 0.15) is 0 Å². The standard InChI is InChI=1S/C8H7BrClNO2/c9-5-2-1-3-6(8(5)10)11-4-7(12)13/h1-3,11H,4H2,(H,12,13). The van der Waals surface area contributed by atoms with Gasteiger partial charge in [-0.3, -0.25) is 4.79 Å². The van der Waals surface area contributed by atoms with Gasteiger partial charge in [0, 0.05) is 4.47 Å². The van der Waals surface area contributed by atoms with E-state index in [1.807, 2.05) is 0 Å². The Kier molecular flexibility index (Phi) is 3.57. The van der Waals surface area contributed by atoms with E-state index in [4.69, 9.17) is 16.7 Å². The van der Waals surface area contributed by atoms with Crippen molar-refractivity contribution >= 4 is 39.2 Å². The third kappa shape index (κ3) is 2.90. The molecule has 5 heteroatoms. The second kappa shape index (κ2) is 4.48. The van der Waals surface area contributed by atoms with Crippen LogP contribution in [0.25, 0.3) is 0 Å². The van der Waals surface area contributed by atoms with Crippen molar-refractivity contribution in [2.75, 3.05) is 11.9 Å². The fraction of sp³-hybridized carbons (Fsp3) is 0.125. The lowest BCUT2D eigenvalue weighted by molar-refractivity contribution is -0.134. The van der Waals surface area contributed by atoms with E-state index < -0.39 is 5.97 Å². The Morgan fingerprint density at radius 1 is 1.62 bits per heavy atom. The number of hydrogen-bond donors (Lipinski definition) is 2. The molecule has 0 aliphatic carbocycles. The lowest BCUT2D eigenvalue weighted by atomic mass is 10.3. The average molecular weight is 265 g/mol. The number of aliphatic carboxylic acids is 1. The normalized spacial score (nSPS) is 9.69. The van der Waals surface area contributed by atoms with Crippen LogP contribution in [0, 0.1) is 0 Å². The van der Waals surface area contributed by atoms with Gasteiger partial charge in [0.25, 0.3) is 0 Å². The minimum atomic E-state index is -0.920. The van der Waals surface area contributed by atoms with Gasteiger partial charge in [-0.25, -0.2) is 0 Å². The summed E-state index contributed by atoms with van der Waals surface area (Å²) in [5.41, 5.74) is 0.610. The summed E-state index contributed by atoms with van der Waals surface area (Å²) in [7, 11) is 0. The van der Waals surface area contributed by atoms with Gasteiger partial charge >= 0.3 is 5.97 Å². The van der Waals surface area contributed by atoms with Gasteiger partial charge in [0.15, 0.2) is 0 Å². The molecule has 0 aliphatic heterocycles. The molecule has 0 aromatic heterocycles. The Labute approximate surface area is 88.8 Å². The number of nitrogens with one attached hydrogen (secondary N) is 1. The van der Waals surface area contributed by atoms with Crippen molar-refractivity contribution in [2.45, 2.75) is 0 Å². The van der Waals surface area contributed by atoms with Crippen molar-refractivity contribution in [1.29, 1.82) is 0 Å². The zero-order chi connectivity index (χ0) is 9.84. The highest BCUT2D eigenvalue weighted by Gasteiger charge is 2.04. The predicted octanol–water partition coefficient (Wildman–Crippen LogP) is 2.60. The topological polar surface area (TPSA) is 49.3 Å². The van der Waals surface area contributed by atoms with Crippen LogP contribution in [0.4, 0.5) is 5.69 Å². The molecule has 1 rings (SSSR count). The van der Waals surface area contributed by atoms with Crippen molar-refractivity contribution in [3.8, 4) is 0 Å². The first-order valence-electron chi connectivity index (χ1n) is 3.51. The van der Waals surface area contributed by atoms with E-state index in [0.29, 0.717) is 10.7 Å². The minimum absolute atomic E-state index is 0.143. The second-order valence-corrected chi connectivity index (χ2v) is 3.58. The van der Waals surface area contributed by atoms with E-state index in [-0.39, 0.29) is 6.54 Å². The Bertz CT molecular complexity index is 330. The number of rotatable bonds is 3. The third-order valence-corrected chi connectivity index (χ3v) is 2.68. The molecule has 13 heavy (non-hydrogen) atoms. The number of halogens is 2. The molecule has 0 aliphatic rings. The largest absolute Gasteiger partial charge is 0.480 e. The lowest BCUT2D eigenvalue weighted by Crippen LogP contribution is -2.12. The molecular weight excluding hydrogens is 257 g/mol. The molecular formula is C8H7BrClNO2. The summed E-state index contributed by atoms with van der Waals surface area (Å²) in [5.74, 6) is -0.920. The summed E-state index contributed by atoms with van der Waals surface area (Å²) in [6, 6.07) is 5.28.